The Morgan fingerprint density at radius 1 is 1.04 bits per heavy atom. The first-order valence-corrected chi connectivity index (χ1v) is 9.00. The molecule has 0 aliphatic carbocycles. The smallest absolute Gasteiger partial charge is 0.289 e. The summed E-state index contributed by atoms with van der Waals surface area (Å²) in [6.07, 6.45) is 4.86. The number of nitrogen functional groups attached to an aromatic ring is 1. The summed E-state index contributed by atoms with van der Waals surface area (Å²) >= 11 is 4.39. The summed E-state index contributed by atoms with van der Waals surface area (Å²) in [7, 11) is 0. The summed E-state index contributed by atoms with van der Waals surface area (Å²) in [6.45, 7) is 3.96. The maximum atomic E-state index is 12.8. The van der Waals surface area contributed by atoms with E-state index >= 15 is 0 Å². The van der Waals surface area contributed by atoms with Crippen molar-refractivity contribution in [2.45, 2.75) is 18.9 Å². The van der Waals surface area contributed by atoms with E-state index < -0.39 is 0 Å². The summed E-state index contributed by atoms with van der Waals surface area (Å²) in [4.78, 5) is 17.3. The van der Waals surface area contributed by atoms with Crippen LogP contribution >= 0.6 is 11.6 Å². The Kier molecular flexibility index (Phi) is 7.26. The van der Waals surface area contributed by atoms with E-state index in [4.69, 9.17) is 10.2 Å². The molecule has 3 fully saturated rings. The fourth-order valence-electron chi connectivity index (χ4n) is 3.55. The van der Waals surface area contributed by atoms with E-state index in [2.05, 4.69) is 22.9 Å². The van der Waals surface area contributed by atoms with Crippen LogP contribution in [0.3, 0.4) is 0 Å². The van der Waals surface area contributed by atoms with Crippen LogP contribution in [-0.2, 0) is 0 Å². The lowest BCUT2D eigenvalue weighted by Crippen LogP contribution is -3.00. The van der Waals surface area contributed by atoms with E-state index in [1.807, 2.05) is 35.2 Å². The second-order valence-corrected chi connectivity index (χ2v) is 6.36. The molecule has 0 unspecified atom stereocenters. The maximum absolute atomic E-state index is 12.8. The van der Waals surface area contributed by atoms with E-state index in [1.54, 1.807) is 6.07 Å². The Balaban J connectivity index is 0.000000784. The number of furan rings is 1. The van der Waals surface area contributed by atoms with Gasteiger partial charge in [-0.05, 0) is 49.2 Å². The standard InChI is InChI=1S/C18H21N3O2.CH2Cl.ClH/c19-14-3-1-13(2-4-14)16-5-6-17(23-16)18(22)21-12-11-20-9-7-15(21)8-10-20;1-2;/h1-6,15H,7-12,19H2;1H2;1H/q;+1;/p-1. The van der Waals surface area contributed by atoms with E-state index in [1.165, 1.54) is 0 Å². The van der Waals surface area contributed by atoms with Crippen molar-refractivity contribution in [2.75, 3.05) is 31.9 Å². The molecule has 140 valence electrons. The number of amides is 1. The van der Waals surface area contributed by atoms with Crippen LogP contribution in [0.5, 0.6) is 0 Å². The van der Waals surface area contributed by atoms with Gasteiger partial charge in [-0.2, -0.15) is 0 Å². The first kappa shape index (κ1) is 20.5. The number of nitrogens with zero attached hydrogens (tertiary/aromatic N) is 2. The lowest BCUT2D eigenvalue weighted by atomic mass is 10.1. The van der Waals surface area contributed by atoms with Gasteiger partial charge in [-0.3, -0.25) is 4.79 Å². The van der Waals surface area contributed by atoms with Gasteiger partial charge >= 0.3 is 0 Å². The Labute approximate surface area is 165 Å². The minimum atomic E-state index is 0. The molecule has 4 heterocycles. The highest BCUT2D eigenvalue weighted by Crippen LogP contribution is 2.26. The number of piperidine rings is 1. The Bertz CT molecular complexity index is 710. The molecule has 1 amide bonds. The fourth-order valence-corrected chi connectivity index (χ4v) is 3.55. The highest BCUT2D eigenvalue weighted by Gasteiger charge is 2.33. The topological polar surface area (TPSA) is 62.7 Å². The van der Waals surface area contributed by atoms with Crippen LogP contribution in [0.1, 0.15) is 23.4 Å². The summed E-state index contributed by atoms with van der Waals surface area (Å²) in [6, 6.07) is 11.5. The lowest BCUT2D eigenvalue weighted by molar-refractivity contribution is -0.0000162. The normalized spacial score (nSPS) is 21.2. The van der Waals surface area contributed by atoms with Crippen LogP contribution in [-0.4, -0.2) is 47.9 Å². The number of hydrogen-bond acceptors (Lipinski definition) is 4. The van der Waals surface area contributed by atoms with Crippen molar-refractivity contribution in [3.05, 3.63) is 48.5 Å². The number of carbonyl (C=O) groups excluding carboxylic acids is 1. The van der Waals surface area contributed by atoms with Gasteiger partial charge in [0.1, 0.15) is 17.4 Å². The maximum Gasteiger partial charge on any atom is 0.289 e. The quantitative estimate of drug-likeness (QED) is 0.592. The molecule has 5 nitrogen and oxygen atoms in total. The molecule has 2 aromatic rings. The Hall–Kier alpha value is -1.82. The number of halogens is 2. The molecule has 0 radical (unpaired) electrons. The number of carbonyl (C=O) groups is 1. The van der Waals surface area contributed by atoms with Crippen LogP contribution in [0.15, 0.2) is 40.8 Å². The van der Waals surface area contributed by atoms with E-state index in [0.717, 1.165) is 44.6 Å². The van der Waals surface area contributed by atoms with E-state index in [-0.39, 0.29) is 18.3 Å². The second kappa shape index (κ2) is 9.21. The number of hydrogen-bond donors (Lipinski definition) is 1. The van der Waals surface area contributed by atoms with Gasteiger partial charge < -0.3 is 32.4 Å². The van der Waals surface area contributed by atoms with E-state index in [0.29, 0.717) is 23.2 Å². The van der Waals surface area contributed by atoms with Gasteiger partial charge in [0.15, 0.2) is 12.1 Å². The predicted molar refractivity (Wildman–Crippen MR) is 100 cm³/mol. The highest BCUT2D eigenvalue weighted by atomic mass is 35.5. The molecule has 2 N–H and O–H groups in total. The van der Waals surface area contributed by atoms with Gasteiger partial charge in [-0.15, -0.1) is 0 Å². The molecule has 0 saturated carbocycles. The lowest BCUT2D eigenvalue weighted by Gasteiger charge is -2.30. The van der Waals surface area contributed by atoms with Gasteiger partial charge in [-0.25, -0.2) is 0 Å². The van der Waals surface area contributed by atoms with Crippen molar-refractivity contribution in [1.82, 2.24) is 9.80 Å². The van der Waals surface area contributed by atoms with Crippen LogP contribution in [0.2, 0.25) is 0 Å². The fraction of sp³-hybridized carbons (Fsp3) is 0.368. The first-order chi connectivity index (χ1) is 12.2. The molecule has 5 rings (SSSR count). The van der Waals surface area contributed by atoms with Gasteiger partial charge in [0.25, 0.3) is 5.91 Å². The minimum Gasteiger partial charge on any atom is -1.00 e. The zero-order chi connectivity index (χ0) is 17.8. The summed E-state index contributed by atoms with van der Waals surface area (Å²) < 4.78 is 5.83. The summed E-state index contributed by atoms with van der Waals surface area (Å²) in [5, 5.41) is 0. The average Bonchev–Trinajstić information content (AvgIpc) is 2.96. The van der Waals surface area contributed by atoms with Crippen molar-refractivity contribution < 1.29 is 21.6 Å². The molecule has 0 atom stereocenters. The largest absolute Gasteiger partial charge is 1.00 e. The number of rotatable bonds is 2. The van der Waals surface area contributed by atoms with Gasteiger partial charge in [-0.1, -0.05) is 0 Å². The van der Waals surface area contributed by atoms with Crippen molar-refractivity contribution in [3.8, 4) is 11.3 Å². The predicted octanol–water partition coefficient (Wildman–Crippen LogP) is 0.470. The molecule has 3 saturated heterocycles. The third-order valence-electron chi connectivity index (χ3n) is 4.93. The van der Waals surface area contributed by atoms with Crippen LogP contribution in [0.4, 0.5) is 5.69 Å². The number of anilines is 1. The second-order valence-electron chi connectivity index (χ2n) is 6.36. The molecule has 1 aromatic heterocycles. The van der Waals surface area contributed by atoms with Crippen molar-refractivity contribution in [1.29, 1.82) is 0 Å². The molecule has 2 bridgehead atoms. The first-order valence-electron chi connectivity index (χ1n) is 8.46. The van der Waals surface area contributed by atoms with Gasteiger partial charge in [0.2, 0.25) is 0 Å². The van der Waals surface area contributed by atoms with Gasteiger partial charge in [0, 0.05) is 43.5 Å². The molecular weight excluding hydrogens is 373 g/mol. The average molecular weight is 396 g/mol. The molecule has 1 aromatic carbocycles. The van der Waals surface area contributed by atoms with Crippen molar-refractivity contribution >= 4 is 23.2 Å². The Morgan fingerprint density at radius 3 is 2.35 bits per heavy atom. The third kappa shape index (κ3) is 4.29. The number of nitrogens with two attached hydrogens (primary N) is 1. The highest BCUT2D eigenvalue weighted by molar-refractivity contribution is 6.19. The van der Waals surface area contributed by atoms with E-state index in [9.17, 15) is 4.79 Å². The SMILES string of the molecule is Nc1ccc(-c2ccc(C(=O)N3CCN4CCC3CC4)o2)cc1.[CH2+]Cl.[Cl-]. The summed E-state index contributed by atoms with van der Waals surface area (Å²) in [5.74, 6) is 1.15. The van der Waals surface area contributed by atoms with Crippen LogP contribution in [0, 0.1) is 6.38 Å². The molecule has 3 aliphatic heterocycles. The molecule has 3 aliphatic rings. The van der Waals surface area contributed by atoms with Crippen molar-refractivity contribution in [2.24, 2.45) is 0 Å². The number of fused-ring (bicyclic) bond motifs is 4. The van der Waals surface area contributed by atoms with Crippen molar-refractivity contribution in [3.63, 3.8) is 0 Å². The molecule has 7 heteroatoms. The van der Waals surface area contributed by atoms with Crippen LogP contribution < -0.4 is 18.1 Å². The molecular formula is C19H23Cl2N3O2. The number of benzene rings is 1. The third-order valence-corrected chi connectivity index (χ3v) is 4.93. The molecule has 26 heavy (non-hydrogen) atoms. The van der Waals surface area contributed by atoms with Crippen LogP contribution in [0.25, 0.3) is 11.3 Å². The zero-order valence-electron chi connectivity index (χ0n) is 14.5. The zero-order valence-corrected chi connectivity index (χ0v) is 16.0. The minimum absolute atomic E-state index is 0. The monoisotopic (exact) mass is 395 g/mol. The summed E-state index contributed by atoms with van der Waals surface area (Å²) in [5.41, 5.74) is 7.36. The Morgan fingerprint density at radius 2 is 1.69 bits per heavy atom. The van der Waals surface area contributed by atoms with Gasteiger partial charge in [0.05, 0.1) is 0 Å². The molecule has 0 spiro atoms.